The number of likely N-dealkylation sites (tertiary alicyclic amines) is 1. The van der Waals surface area contributed by atoms with E-state index in [9.17, 15) is 9.59 Å². The van der Waals surface area contributed by atoms with Crippen molar-refractivity contribution in [1.29, 1.82) is 0 Å². The first-order chi connectivity index (χ1) is 9.82. The number of amides is 1. The molecule has 1 heterocycles. The fourth-order valence-corrected chi connectivity index (χ4v) is 2.53. The molecule has 1 amide bonds. The molecule has 0 aromatic heterocycles. The summed E-state index contributed by atoms with van der Waals surface area (Å²) in [5, 5.41) is 12.4. The second-order valence-corrected chi connectivity index (χ2v) is 5.79. The summed E-state index contributed by atoms with van der Waals surface area (Å²) in [5.41, 5.74) is 5.97. The molecule has 7 heteroatoms. The van der Waals surface area contributed by atoms with E-state index in [0.29, 0.717) is 23.7 Å². The number of aliphatic carboxylic acids is 1. The van der Waals surface area contributed by atoms with Crippen LogP contribution >= 0.6 is 11.6 Å². The van der Waals surface area contributed by atoms with Crippen molar-refractivity contribution in [1.82, 2.24) is 4.90 Å². The molecule has 1 aliphatic heterocycles. The highest BCUT2D eigenvalue weighted by molar-refractivity contribution is 6.31. The van der Waals surface area contributed by atoms with Gasteiger partial charge in [0.1, 0.15) is 5.54 Å². The van der Waals surface area contributed by atoms with E-state index in [4.69, 9.17) is 22.4 Å². The van der Waals surface area contributed by atoms with Crippen molar-refractivity contribution in [3.8, 4) is 0 Å². The largest absolute Gasteiger partial charge is 0.480 e. The molecule has 4 N–H and O–H groups in total. The average Bonchev–Trinajstić information content (AvgIpc) is 2.78. The van der Waals surface area contributed by atoms with Crippen molar-refractivity contribution in [2.75, 3.05) is 25.0 Å². The minimum atomic E-state index is -1.26. The summed E-state index contributed by atoms with van der Waals surface area (Å²) in [6.07, 6.45) is 0.339. The van der Waals surface area contributed by atoms with Crippen molar-refractivity contribution in [3.05, 3.63) is 28.8 Å². The zero-order valence-electron chi connectivity index (χ0n) is 11.7. The summed E-state index contributed by atoms with van der Waals surface area (Å²) in [6.45, 7) is 2.59. The van der Waals surface area contributed by atoms with Gasteiger partial charge in [-0.1, -0.05) is 17.7 Å². The maximum absolute atomic E-state index is 12.0. The predicted octanol–water partition coefficient (Wildman–Crippen LogP) is 1.07. The van der Waals surface area contributed by atoms with Crippen LogP contribution in [0.5, 0.6) is 0 Å². The molecule has 1 aromatic rings. The zero-order valence-corrected chi connectivity index (χ0v) is 12.5. The van der Waals surface area contributed by atoms with Gasteiger partial charge in [-0.2, -0.15) is 0 Å². The first-order valence-corrected chi connectivity index (χ1v) is 6.99. The van der Waals surface area contributed by atoms with E-state index in [-0.39, 0.29) is 19.0 Å². The molecule has 0 radical (unpaired) electrons. The number of hydrogen-bond donors (Lipinski definition) is 3. The standard InChI is InChI=1S/C14H18ClN3O3/c1-9-10(15)3-2-4-11(9)17-12(19)7-18-6-5-14(16,8-18)13(20)21/h2-4H,5-8,16H2,1H3,(H,17,19)(H,20,21). The lowest BCUT2D eigenvalue weighted by Gasteiger charge is -2.19. The van der Waals surface area contributed by atoms with Gasteiger partial charge in [0, 0.05) is 23.8 Å². The molecular formula is C14H18ClN3O3. The monoisotopic (exact) mass is 311 g/mol. The Morgan fingerprint density at radius 1 is 1.52 bits per heavy atom. The number of nitrogens with one attached hydrogen (secondary N) is 1. The van der Waals surface area contributed by atoms with Crippen molar-refractivity contribution >= 4 is 29.2 Å². The van der Waals surface area contributed by atoms with Crippen molar-refractivity contribution in [2.24, 2.45) is 5.73 Å². The molecule has 0 spiro atoms. The van der Waals surface area contributed by atoms with Crippen molar-refractivity contribution < 1.29 is 14.7 Å². The van der Waals surface area contributed by atoms with Crippen LogP contribution in [0.2, 0.25) is 5.02 Å². The average molecular weight is 312 g/mol. The van der Waals surface area contributed by atoms with Crippen LogP contribution in [0.4, 0.5) is 5.69 Å². The molecule has 0 bridgehead atoms. The number of carbonyl (C=O) groups is 2. The predicted molar refractivity (Wildman–Crippen MR) is 80.4 cm³/mol. The lowest BCUT2D eigenvalue weighted by molar-refractivity contribution is -0.143. The van der Waals surface area contributed by atoms with E-state index < -0.39 is 11.5 Å². The molecule has 21 heavy (non-hydrogen) atoms. The van der Waals surface area contributed by atoms with Gasteiger partial charge in [0.15, 0.2) is 0 Å². The Morgan fingerprint density at radius 3 is 2.86 bits per heavy atom. The Balaban J connectivity index is 1.94. The number of carboxylic acid groups (broad SMARTS) is 1. The Bertz CT molecular complexity index is 579. The van der Waals surface area contributed by atoms with Crippen LogP contribution < -0.4 is 11.1 Å². The number of carbonyl (C=O) groups excluding carboxylic acids is 1. The van der Waals surface area contributed by atoms with Gasteiger partial charge in [0.05, 0.1) is 6.54 Å². The van der Waals surface area contributed by atoms with Gasteiger partial charge in [-0.05, 0) is 31.0 Å². The Kier molecular flexibility index (Phi) is 4.51. The van der Waals surface area contributed by atoms with Crippen molar-refractivity contribution in [3.63, 3.8) is 0 Å². The van der Waals surface area contributed by atoms with E-state index in [2.05, 4.69) is 5.32 Å². The van der Waals surface area contributed by atoms with Gasteiger partial charge in [0.2, 0.25) is 5.91 Å². The third kappa shape index (κ3) is 3.53. The van der Waals surface area contributed by atoms with E-state index in [1.807, 2.05) is 6.92 Å². The van der Waals surface area contributed by atoms with Crippen LogP contribution in [0.15, 0.2) is 18.2 Å². The van der Waals surface area contributed by atoms with Crippen LogP contribution in [0.25, 0.3) is 0 Å². The van der Waals surface area contributed by atoms with Gasteiger partial charge in [-0.3, -0.25) is 14.5 Å². The summed E-state index contributed by atoms with van der Waals surface area (Å²) in [5.74, 6) is -1.24. The minimum Gasteiger partial charge on any atom is -0.480 e. The van der Waals surface area contributed by atoms with Gasteiger partial charge in [-0.15, -0.1) is 0 Å². The molecule has 6 nitrogen and oxygen atoms in total. The molecule has 2 rings (SSSR count). The SMILES string of the molecule is Cc1c(Cl)cccc1NC(=O)CN1CCC(N)(C(=O)O)C1. The van der Waals surface area contributed by atoms with E-state index >= 15 is 0 Å². The van der Waals surface area contributed by atoms with E-state index in [0.717, 1.165) is 5.56 Å². The maximum atomic E-state index is 12.0. The number of benzene rings is 1. The topological polar surface area (TPSA) is 95.7 Å². The van der Waals surface area contributed by atoms with Gasteiger partial charge < -0.3 is 16.2 Å². The number of hydrogen-bond acceptors (Lipinski definition) is 4. The highest BCUT2D eigenvalue weighted by Gasteiger charge is 2.41. The summed E-state index contributed by atoms with van der Waals surface area (Å²) < 4.78 is 0. The number of anilines is 1. The Hall–Kier alpha value is -1.63. The van der Waals surface area contributed by atoms with E-state index in [1.54, 1.807) is 23.1 Å². The summed E-state index contributed by atoms with van der Waals surface area (Å²) >= 11 is 6.00. The number of nitrogens with zero attached hydrogens (tertiary/aromatic N) is 1. The van der Waals surface area contributed by atoms with E-state index in [1.165, 1.54) is 0 Å². The molecule has 0 aliphatic carbocycles. The molecule has 0 saturated carbocycles. The smallest absolute Gasteiger partial charge is 0.325 e. The second kappa shape index (κ2) is 6.01. The molecule has 1 aliphatic rings. The quantitative estimate of drug-likeness (QED) is 0.773. The van der Waals surface area contributed by atoms with Crippen molar-refractivity contribution in [2.45, 2.75) is 18.9 Å². The molecular weight excluding hydrogens is 294 g/mol. The van der Waals surface area contributed by atoms with Crippen LogP contribution in [0, 0.1) is 6.92 Å². The second-order valence-electron chi connectivity index (χ2n) is 5.38. The third-order valence-electron chi connectivity index (χ3n) is 3.71. The Morgan fingerprint density at radius 2 is 2.24 bits per heavy atom. The number of carboxylic acids is 1. The fraction of sp³-hybridized carbons (Fsp3) is 0.429. The summed E-state index contributed by atoms with van der Waals surface area (Å²) in [7, 11) is 0. The fourth-order valence-electron chi connectivity index (χ4n) is 2.36. The first-order valence-electron chi connectivity index (χ1n) is 6.61. The minimum absolute atomic E-state index is 0.109. The van der Waals surface area contributed by atoms with Crippen LogP contribution in [0.3, 0.4) is 0 Å². The number of nitrogens with two attached hydrogens (primary N) is 1. The summed E-state index contributed by atoms with van der Waals surface area (Å²) in [6, 6.07) is 5.28. The molecule has 1 fully saturated rings. The molecule has 1 saturated heterocycles. The van der Waals surface area contributed by atoms with Gasteiger partial charge >= 0.3 is 5.97 Å². The lowest BCUT2D eigenvalue weighted by Crippen LogP contribution is -2.50. The van der Waals surface area contributed by atoms with Crippen LogP contribution in [-0.4, -0.2) is 47.1 Å². The Labute approximate surface area is 127 Å². The third-order valence-corrected chi connectivity index (χ3v) is 4.12. The summed E-state index contributed by atoms with van der Waals surface area (Å²) in [4.78, 5) is 24.8. The molecule has 1 atom stereocenters. The highest BCUT2D eigenvalue weighted by Crippen LogP contribution is 2.23. The zero-order chi connectivity index (χ0) is 15.6. The number of rotatable bonds is 4. The maximum Gasteiger partial charge on any atom is 0.325 e. The molecule has 1 unspecified atom stereocenters. The first kappa shape index (κ1) is 15.8. The number of halogens is 1. The normalized spacial score (nSPS) is 22.2. The van der Waals surface area contributed by atoms with Crippen LogP contribution in [0.1, 0.15) is 12.0 Å². The molecule has 114 valence electrons. The van der Waals surface area contributed by atoms with Gasteiger partial charge in [-0.25, -0.2) is 0 Å². The molecule has 1 aromatic carbocycles. The van der Waals surface area contributed by atoms with Crippen LogP contribution in [-0.2, 0) is 9.59 Å². The lowest BCUT2D eigenvalue weighted by atomic mass is 10.0. The van der Waals surface area contributed by atoms with Gasteiger partial charge in [0.25, 0.3) is 0 Å². The highest BCUT2D eigenvalue weighted by atomic mass is 35.5.